The zero-order valence-corrected chi connectivity index (χ0v) is 17.6. The van der Waals surface area contributed by atoms with Crippen LogP contribution in [-0.2, 0) is 20.0 Å². The molecule has 156 valence electrons. The second-order valence-electron chi connectivity index (χ2n) is 7.30. The average molecular weight is 408 g/mol. The van der Waals surface area contributed by atoms with Crippen LogP contribution >= 0.6 is 0 Å². The summed E-state index contributed by atoms with van der Waals surface area (Å²) in [6.45, 7) is 5.07. The van der Waals surface area contributed by atoms with E-state index in [9.17, 15) is 4.39 Å². The Labute approximate surface area is 174 Å². The number of hydrogen-bond acceptors (Lipinski definition) is 5. The second kappa shape index (κ2) is 8.23. The minimum atomic E-state index is -0.330. The fraction of sp³-hybridized carbons (Fsp3) is 0.318. The smallest absolute Gasteiger partial charge is 0.160 e. The van der Waals surface area contributed by atoms with Crippen molar-refractivity contribution in [2.75, 3.05) is 13.7 Å². The molecule has 0 aliphatic carbocycles. The van der Waals surface area contributed by atoms with Crippen molar-refractivity contribution < 1.29 is 9.13 Å². The molecular formula is C22H25FN6O. The summed E-state index contributed by atoms with van der Waals surface area (Å²) in [5, 5.41) is 15.9. The molecule has 30 heavy (non-hydrogen) atoms. The molecule has 0 fully saturated rings. The monoisotopic (exact) mass is 408 g/mol. The topological polar surface area (TPSA) is 69.3 Å². The van der Waals surface area contributed by atoms with E-state index in [1.165, 1.54) is 12.1 Å². The standard InChI is InChI=1S/C22H25FN6O/c1-14-18(15(2)28(4)27-14)9-10-30-20-11-17(23)6-7-19(20)16-5-8-21-25-26-22(12-24-3)29(21)13-16/h5-8,11,13,24H,9-10,12H2,1-4H3. The fourth-order valence-corrected chi connectivity index (χ4v) is 3.67. The molecule has 0 unspecified atom stereocenters. The van der Waals surface area contributed by atoms with Crippen molar-refractivity contribution in [3.8, 4) is 16.9 Å². The molecule has 4 aromatic rings. The summed E-state index contributed by atoms with van der Waals surface area (Å²) >= 11 is 0. The Balaban J connectivity index is 1.62. The summed E-state index contributed by atoms with van der Waals surface area (Å²) in [7, 11) is 3.79. The van der Waals surface area contributed by atoms with Gasteiger partial charge in [-0.2, -0.15) is 5.10 Å². The predicted molar refractivity (Wildman–Crippen MR) is 113 cm³/mol. The van der Waals surface area contributed by atoms with Crippen molar-refractivity contribution in [3.63, 3.8) is 0 Å². The third-order valence-corrected chi connectivity index (χ3v) is 5.33. The second-order valence-corrected chi connectivity index (χ2v) is 7.30. The van der Waals surface area contributed by atoms with Gasteiger partial charge in [-0.3, -0.25) is 9.08 Å². The summed E-state index contributed by atoms with van der Waals surface area (Å²) in [4.78, 5) is 0. The Bertz CT molecular complexity index is 1200. The van der Waals surface area contributed by atoms with Gasteiger partial charge in [0, 0.05) is 42.6 Å². The third-order valence-electron chi connectivity index (χ3n) is 5.33. The lowest BCUT2D eigenvalue weighted by Crippen LogP contribution is -2.09. The predicted octanol–water partition coefficient (Wildman–Crippen LogP) is 3.23. The molecule has 0 radical (unpaired) electrons. The molecule has 0 saturated heterocycles. The first kappa shape index (κ1) is 20.0. The minimum Gasteiger partial charge on any atom is -0.492 e. The maximum absolute atomic E-state index is 14.0. The third kappa shape index (κ3) is 3.78. The normalized spacial score (nSPS) is 11.4. The number of ether oxygens (including phenoxy) is 1. The minimum absolute atomic E-state index is 0.330. The van der Waals surface area contributed by atoms with Gasteiger partial charge in [-0.15, -0.1) is 10.2 Å². The highest BCUT2D eigenvalue weighted by Gasteiger charge is 2.13. The summed E-state index contributed by atoms with van der Waals surface area (Å²) < 4.78 is 23.8. The number of pyridine rings is 1. The van der Waals surface area contributed by atoms with Crippen molar-refractivity contribution >= 4 is 5.65 Å². The van der Waals surface area contributed by atoms with Crippen LogP contribution in [0.3, 0.4) is 0 Å². The van der Waals surface area contributed by atoms with Crippen LogP contribution in [-0.4, -0.2) is 38.0 Å². The number of nitrogens with zero attached hydrogens (tertiary/aromatic N) is 5. The van der Waals surface area contributed by atoms with Gasteiger partial charge in [0.2, 0.25) is 0 Å². The Morgan fingerprint density at radius 2 is 1.97 bits per heavy atom. The van der Waals surface area contributed by atoms with Crippen LogP contribution in [0.5, 0.6) is 5.75 Å². The SMILES string of the molecule is CNCc1nnc2ccc(-c3ccc(F)cc3OCCc3c(C)nn(C)c3C)cn12. The van der Waals surface area contributed by atoms with Crippen LogP contribution in [0, 0.1) is 19.7 Å². The van der Waals surface area contributed by atoms with Gasteiger partial charge >= 0.3 is 0 Å². The fourth-order valence-electron chi connectivity index (χ4n) is 3.67. The highest BCUT2D eigenvalue weighted by molar-refractivity contribution is 5.71. The number of fused-ring (bicyclic) bond motifs is 1. The van der Waals surface area contributed by atoms with E-state index in [4.69, 9.17) is 4.74 Å². The quantitative estimate of drug-likeness (QED) is 0.509. The van der Waals surface area contributed by atoms with Gasteiger partial charge < -0.3 is 10.1 Å². The molecule has 0 saturated carbocycles. The van der Waals surface area contributed by atoms with E-state index in [0.29, 0.717) is 25.3 Å². The molecule has 0 bridgehead atoms. The van der Waals surface area contributed by atoms with Gasteiger partial charge in [-0.05, 0) is 50.7 Å². The van der Waals surface area contributed by atoms with Crippen LogP contribution in [0.4, 0.5) is 4.39 Å². The van der Waals surface area contributed by atoms with Gasteiger partial charge in [0.15, 0.2) is 11.5 Å². The van der Waals surface area contributed by atoms with E-state index >= 15 is 0 Å². The Hall–Kier alpha value is -3.26. The summed E-state index contributed by atoms with van der Waals surface area (Å²) in [5.74, 6) is 0.988. The molecular weight excluding hydrogens is 383 g/mol. The largest absolute Gasteiger partial charge is 0.492 e. The van der Waals surface area contributed by atoms with Crippen LogP contribution in [0.2, 0.25) is 0 Å². The number of rotatable bonds is 7. The van der Waals surface area contributed by atoms with Crippen molar-refractivity contribution in [2.45, 2.75) is 26.8 Å². The van der Waals surface area contributed by atoms with Gasteiger partial charge in [0.1, 0.15) is 11.6 Å². The highest BCUT2D eigenvalue weighted by atomic mass is 19.1. The molecule has 1 N–H and O–H groups in total. The van der Waals surface area contributed by atoms with Crippen LogP contribution < -0.4 is 10.1 Å². The Kier molecular flexibility index (Phi) is 5.50. The molecule has 0 atom stereocenters. The number of nitrogens with one attached hydrogen (secondary N) is 1. The molecule has 4 rings (SSSR count). The van der Waals surface area contributed by atoms with Crippen LogP contribution in [0.15, 0.2) is 36.5 Å². The number of halogens is 1. The van der Waals surface area contributed by atoms with E-state index in [1.54, 1.807) is 6.07 Å². The lowest BCUT2D eigenvalue weighted by Gasteiger charge is -2.13. The number of benzene rings is 1. The molecule has 0 amide bonds. The maximum Gasteiger partial charge on any atom is 0.160 e. The average Bonchev–Trinajstić information content (AvgIpc) is 3.23. The van der Waals surface area contributed by atoms with E-state index in [0.717, 1.165) is 39.5 Å². The van der Waals surface area contributed by atoms with Gasteiger partial charge in [0.05, 0.1) is 18.8 Å². The molecule has 8 heteroatoms. The lowest BCUT2D eigenvalue weighted by atomic mass is 10.1. The Morgan fingerprint density at radius 1 is 1.13 bits per heavy atom. The number of aryl methyl sites for hydroxylation is 2. The highest BCUT2D eigenvalue weighted by Crippen LogP contribution is 2.31. The molecule has 0 spiro atoms. The van der Waals surface area contributed by atoms with Crippen molar-refractivity contribution in [3.05, 3.63) is 65.1 Å². The first-order valence-corrected chi connectivity index (χ1v) is 9.88. The first-order valence-electron chi connectivity index (χ1n) is 9.88. The molecule has 0 aliphatic rings. The maximum atomic E-state index is 14.0. The van der Waals surface area contributed by atoms with E-state index in [1.807, 2.05) is 55.4 Å². The van der Waals surface area contributed by atoms with Crippen LogP contribution in [0.1, 0.15) is 22.8 Å². The zero-order chi connectivity index (χ0) is 21.3. The Morgan fingerprint density at radius 3 is 2.70 bits per heavy atom. The molecule has 3 heterocycles. The molecule has 0 aliphatic heterocycles. The zero-order valence-electron chi connectivity index (χ0n) is 17.6. The van der Waals surface area contributed by atoms with Gasteiger partial charge in [0.25, 0.3) is 0 Å². The van der Waals surface area contributed by atoms with Crippen molar-refractivity contribution in [2.24, 2.45) is 7.05 Å². The summed E-state index contributed by atoms with van der Waals surface area (Å²) in [6, 6.07) is 8.47. The summed E-state index contributed by atoms with van der Waals surface area (Å²) in [6.07, 6.45) is 2.66. The van der Waals surface area contributed by atoms with E-state index in [-0.39, 0.29) is 5.82 Å². The van der Waals surface area contributed by atoms with Crippen molar-refractivity contribution in [1.29, 1.82) is 0 Å². The van der Waals surface area contributed by atoms with Crippen LogP contribution in [0.25, 0.3) is 16.8 Å². The van der Waals surface area contributed by atoms with Gasteiger partial charge in [-0.25, -0.2) is 4.39 Å². The molecule has 3 aromatic heterocycles. The number of aromatic nitrogens is 5. The number of hydrogen-bond donors (Lipinski definition) is 1. The van der Waals surface area contributed by atoms with E-state index in [2.05, 4.69) is 20.6 Å². The molecule has 7 nitrogen and oxygen atoms in total. The van der Waals surface area contributed by atoms with Crippen molar-refractivity contribution in [1.82, 2.24) is 29.7 Å². The summed E-state index contributed by atoms with van der Waals surface area (Å²) in [5.41, 5.74) is 5.76. The van der Waals surface area contributed by atoms with Gasteiger partial charge in [-0.1, -0.05) is 0 Å². The first-order chi connectivity index (χ1) is 14.5. The molecule has 1 aromatic carbocycles. The van der Waals surface area contributed by atoms with E-state index < -0.39 is 0 Å². The lowest BCUT2D eigenvalue weighted by molar-refractivity contribution is 0.321.